The molecular weight excluding hydrogens is 335 g/mol. The fourth-order valence-electron chi connectivity index (χ4n) is 2.60. The minimum absolute atomic E-state index is 0.0533. The molecule has 0 atom stereocenters. The van der Waals surface area contributed by atoms with Crippen molar-refractivity contribution in [3.63, 3.8) is 0 Å². The fourth-order valence-corrected chi connectivity index (χ4v) is 2.60. The van der Waals surface area contributed by atoms with Crippen LogP contribution in [0.25, 0.3) is 10.9 Å². The van der Waals surface area contributed by atoms with E-state index >= 15 is 0 Å². The van der Waals surface area contributed by atoms with E-state index < -0.39 is 17.6 Å². The third-order valence-corrected chi connectivity index (χ3v) is 3.86. The molecule has 0 aliphatic carbocycles. The van der Waals surface area contributed by atoms with Crippen LogP contribution >= 0.6 is 0 Å². The zero-order chi connectivity index (χ0) is 18.0. The van der Waals surface area contributed by atoms with Crippen molar-refractivity contribution in [2.24, 2.45) is 0 Å². The van der Waals surface area contributed by atoms with Gasteiger partial charge in [-0.15, -0.1) is 0 Å². The van der Waals surface area contributed by atoms with Crippen LogP contribution in [-0.4, -0.2) is 32.2 Å². The van der Waals surface area contributed by atoms with Crippen molar-refractivity contribution in [3.05, 3.63) is 47.7 Å². The van der Waals surface area contributed by atoms with Crippen LogP contribution in [0.3, 0.4) is 0 Å². The standard InChI is InChI=1S/C16H16F3N5O/c1-2-13-20-5-7-24(13)8-6-21-15(25)14-11-9-10(16(17,18)19)3-4-12(11)22-23-14/h3-5,7,9H,2,6,8H2,1H3,(H,21,25)(H,22,23). The lowest BCUT2D eigenvalue weighted by atomic mass is 10.1. The summed E-state index contributed by atoms with van der Waals surface area (Å²) in [5.41, 5.74) is -0.495. The van der Waals surface area contributed by atoms with Crippen molar-refractivity contribution < 1.29 is 18.0 Å². The molecular formula is C16H16F3N5O. The fraction of sp³-hybridized carbons (Fsp3) is 0.312. The van der Waals surface area contributed by atoms with E-state index in [0.717, 1.165) is 24.4 Å². The number of rotatable bonds is 5. The third-order valence-electron chi connectivity index (χ3n) is 3.86. The van der Waals surface area contributed by atoms with Gasteiger partial charge in [-0.1, -0.05) is 6.92 Å². The number of aryl methyl sites for hydroxylation is 1. The molecule has 0 aliphatic rings. The predicted octanol–water partition coefficient (Wildman–Crippen LogP) is 2.77. The number of alkyl halides is 3. The number of H-pyrrole nitrogens is 1. The van der Waals surface area contributed by atoms with Crippen LogP contribution < -0.4 is 5.32 Å². The number of benzene rings is 1. The molecule has 2 N–H and O–H groups in total. The van der Waals surface area contributed by atoms with Gasteiger partial charge < -0.3 is 9.88 Å². The van der Waals surface area contributed by atoms with E-state index in [1.807, 2.05) is 17.7 Å². The van der Waals surface area contributed by atoms with Crippen LogP contribution in [0.15, 0.2) is 30.6 Å². The Bertz CT molecular complexity index is 897. The van der Waals surface area contributed by atoms with Crippen LogP contribution in [0, 0.1) is 0 Å². The number of hydrogen-bond donors (Lipinski definition) is 2. The summed E-state index contributed by atoms with van der Waals surface area (Å²) in [4.78, 5) is 16.4. The number of carbonyl (C=O) groups is 1. The van der Waals surface area contributed by atoms with E-state index in [-0.39, 0.29) is 11.1 Å². The Morgan fingerprint density at radius 1 is 1.36 bits per heavy atom. The van der Waals surface area contributed by atoms with Gasteiger partial charge in [0.2, 0.25) is 0 Å². The van der Waals surface area contributed by atoms with Gasteiger partial charge in [-0.2, -0.15) is 18.3 Å². The molecule has 0 unspecified atom stereocenters. The molecule has 0 saturated heterocycles. The first-order chi connectivity index (χ1) is 11.9. The Labute approximate surface area is 141 Å². The minimum Gasteiger partial charge on any atom is -0.349 e. The van der Waals surface area contributed by atoms with Gasteiger partial charge in [0.25, 0.3) is 5.91 Å². The molecule has 0 fully saturated rings. The van der Waals surface area contributed by atoms with Gasteiger partial charge in [-0.05, 0) is 18.2 Å². The molecule has 0 spiro atoms. The van der Waals surface area contributed by atoms with E-state index in [0.29, 0.717) is 18.6 Å². The van der Waals surface area contributed by atoms with Crippen molar-refractivity contribution in [2.75, 3.05) is 6.54 Å². The number of aromatic amines is 1. The number of aromatic nitrogens is 4. The topological polar surface area (TPSA) is 75.6 Å². The van der Waals surface area contributed by atoms with Gasteiger partial charge in [0, 0.05) is 37.3 Å². The molecule has 9 heteroatoms. The number of imidazole rings is 1. The summed E-state index contributed by atoms with van der Waals surface area (Å²) in [6.45, 7) is 2.81. The molecule has 0 saturated carbocycles. The first kappa shape index (κ1) is 17.0. The summed E-state index contributed by atoms with van der Waals surface area (Å²) < 4.78 is 40.4. The van der Waals surface area contributed by atoms with Crippen LogP contribution in [0.1, 0.15) is 28.8 Å². The smallest absolute Gasteiger partial charge is 0.349 e. The SMILES string of the molecule is CCc1nccn1CCNC(=O)c1n[nH]c2ccc(C(F)(F)F)cc12. The van der Waals surface area contributed by atoms with Crippen molar-refractivity contribution >= 4 is 16.8 Å². The molecule has 6 nitrogen and oxygen atoms in total. The second kappa shape index (κ2) is 6.58. The first-order valence-corrected chi connectivity index (χ1v) is 7.73. The van der Waals surface area contributed by atoms with Crippen molar-refractivity contribution in [1.82, 2.24) is 25.1 Å². The Kier molecular flexibility index (Phi) is 4.47. The molecule has 3 aromatic rings. The van der Waals surface area contributed by atoms with E-state index in [9.17, 15) is 18.0 Å². The lowest BCUT2D eigenvalue weighted by Gasteiger charge is -2.08. The Morgan fingerprint density at radius 2 is 2.16 bits per heavy atom. The number of fused-ring (bicyclic) bond motifs is 1. The molecule has 2 heterocycles. The Hall–Kier alpha value is -2.84. The van der Waals surface area contributed by atoms with Gasteiger partial charge in [0.1, 0.15) is 5.82 Å². The normalized spacial score (nSPS) is 11.8. The summed E-state index contributed by atoms with van der Waals surface area (Å²) in [6.07, 6.45) is -0.215. The average Bonchev–Trinajstić information content (AvgIpc) is 3.19. The van der Waals surface area contributed by atoms with E-state index in [1.54, 1.807) is 6.20 Å². The largest absolute Gasteiger partial charge is 0.416 e. The number of nitrogens with zero attached hydrogens (tertiary/aromatic N) is 3. The molecule has 0 aliphatic heterocycles. The summed E-state index contributed by atoms with van der Waals surface area (Å²) in [5, 5.41) is 9.24. The Morgan fingerprint density at radius 3 is 2.88 bits per heavy atom. The van der Waals surface area contributed by atoms with Crippen molar-refractivity contribution in [1.29, 1.82) is 0 Å². The lowest BCUT2D eigenvalue weighted by Crippen LogP contribution is -2.28. The minimum atomic E-state index is -4.48. The lowest BCUT2D eigenvalue weighted by molar-refractivity contribution is -0.137. The maximum atomic E-state index is 12.8. The summed E-state index contributed by atoms with van der Waals surface area (Å²) in [5.74, 6) is 0.373. The summed E-state index contributed by atoms with van der Waals surface area (Å²) >= 11 is 0. The monoisotopic (exact) mass is 351 g/mol. The summed E-state index contributed by atoms with van der Waals surface area (Å²) in [6, 6.07) is 3.15. The van der Waals surface area contributed by atoms with E-state index in [2.05, 4.69) is 20.5 Å². The zero-order valence-corrected chi connectivity index (χ0v) is 13.4. The van der Waals surface area contributed by atoms with Crippen LogP contribution in [0.5, 0.6) is 0 Å². The molecule has 2 aromatic heterocycles. The average molecular weight is 351 g/mol. The van der Waals surface area contributed by atoms with Gasteiger partial charge in [0.15, 0.2) is 5.69 Å². The molecule has 25 heavy (non-hydrogen) atoms. The van der Waals surface area contributed by atoms with Crippen LogP contribution in [0.2, 0.25) is 0 Å². The Balaban J connectivity index is 1.73. The van der Waals surface area contributed by atoms with Crippen molar-refractivity contribution in [3.8, 4) is 0 Å². The molecule has 3 rings (SSSR count). The zero-order valence-electron chi connectivity index (χ0n) is 13.4. The highest BCUT2D eigenvalue weighted by molar-refractivity contribution is 6.04. The highest BCUT2D eigenvalue weighted by Gasteiger charge is 2.31. The van der Waals surface area contributed by atoms with Crippen LogP contribution in [-0.2, 0) is 19.1 Å². The second-order valence-corrected chi connectivity index (χ2v) is 5.48. The molecule has 0 radical (unpaired) electrons. The van der Waals surface area contributed by atoms with Gasteiger partial charge >= 0.3 is 6.18 Å². The van der Waals surface area contributed by atoms with Gasteiger partial charge in [-0.25, -0.2) is 4.98 Å². The second-order valence-electron chi connectivity index (χ2n) is 5.48. The highest BCUT2D eigenvalue weighted by atomic mass is 19.4. The van der Waals surface area contributed by atoms with Crippen LogP contribution in [0.4, 0.5) is 13.2 Å². The van der Waals surface area contributed by atoms with Crippen molar-refractivity contribution in [2.45, 2.75) is 26.1 Å². The van der Waals surface area contributed by atoms with Gasteiger partial charge in [0.05, 0.1) is 11.1 Å². The number of nitrogens with one attached hydrogen (secondary N) is 2. The first-order valence-electron chi connectivity index (χ1n) is 7.73. The van der Waals surface area contributed by atoms with E-state index in [1.165, 1.54) is 6.07 Å². The number of amides is 1. The maximum absolute atomic E-state index is 12.8. The molecule has 1 amide bonds. The third kappa shape index (κ3) is 3.49. The predicted molar refractivity (Wildman–Crippen MR) is 85.0 cm³/mol. The number of hydrogen-bond acceptors (Lipinski definition) is 3. The highest BCUT2D eigenvalue weighted by Crippen LogP contribution is 2.31. The van der Waals surface area contributed by atoms with E-state index in [4.69, 9.17) is 0 Å². The quantitative estimate of drug-likeness (QED) is 0.742. The molecule has 0 bridgehead atoms. The maximum Gasteiger partial charge on any atom is 0.416 e. The summed E-state index contributed by atoms with van der Waals surface area (Å²) in [7, 11) is 0. The molecule has 1 aromatic carbocycles. The van der Waals surface area contributed by atoms with Gasteiger partial charge in [-0.3, -0.25) is 9.89 Å². The molecule has 132 valence electrons. The number of halogens is 3. The number of carbonyl (C=O) groups excluding carboxylic acids is 1.